The van der Waals surface area contributed by atoms with Gasteiger partial charge in [0.2, 0.25) is 11.9 Å². The Bertz CT molecular complexity index is 3130. The first kappa shape index (κ1) is 52.1. The summed E-state index contributed by atoms with van der Waals surface area (Å²) in [5.74, 6) is 1.00. The minimum absolute atomic E-state index is 0. The predicted octanol–water partition coefficient (Wildman–Crippen LogP) is 12.1. The van der Waals surface area contributed by atoms with E-state index < -0.39 is 11.7 Å². The highest BCUT2D eigenvalue weighted by Gasteiger charge is 2.26. The van der Waals surface area contributed by atoms with Gasteiger partial charge in [-0.3, -0.25) is 14.9 Å². The maximum absolute atomic E-state index is 12.9. The number of nitrogens with zero attached hydrogens (tertiary/aromatic N) is 4. The number of carbonyl (C=O) groups is 3. The monoisotopic (exact) mass is 1000 g/mol. The zero-order valence-corrected chi connectivity index (χ0v) is 41.9. The molecule has 8 aromatic rings. The van der Waals surface area contributed by atoms with Crippen LogP contribution in [-0.2, 0) is 4.74 Å². The van der Waals surface area contributed by atoms with Gasteiger partial charge in [-0.1, -0.05) is 57.6 Å². The van der Waals surface area contributed by atoms with Gasteiger partial charge >= 0.3 is 6.09 Å². The first-order valence-electron chi connectivity index (χ1n) is 25.7. The van der Waals surface area contributed by atoms with Gasteiger partial charge in [0.05, 0.1) is 11.4 Å². The number of fused-ring (bicyclic) bond motifs is 2. The number of anilines is 4. The molecule has 9 N–H and O–H groups in total. The molecule has 4 aromatic heterocycles. The van der Waals surface area contributed by atoms with Gasteiger partial charge in [-0.05, 0) is 145 Å². The van der Waals surface area contributed by atoms with Gasteiger partial charge in [0.1, 0.15) is 5.60 Å². The quantitative estimate of drug-likeness (QED) is 0.0568. The minimum Gasteiger partial charge on any atom is -0.444 e. The zero-order valence-electron chi connectivity index (χ0n) is 42.9. The molecule has 2 aliphatic rings. The van der Waals surface area contributed by atoms with Crippen LogP contribution in [0.5, 0.6) is 0 Å². The number of H-pyrrole nitrogens is 2. The molecule has 386 valence electrons. The third-order valence-corrected chi connectivity index (χ3v) is 12.7. The molecule has 0 aliphatic heterocycles. The van der Waals surface area contributed by atoms with E-state index in [1.165, 1.54) is 0 Å². The van der Waals surface area contributed by atoms with Crippen molar-refractivity contribution in [3.05, 3.63) is 145 Å². The highest BCUT2D eigenvalue weighted by Crippen LogP contribution is 2.30. The molecule has 16 nitrogen and oxygen atoms in total. The molecule has 10 rings (SSSR count). The molecule has 0 saturated heterocycles. The second kappa shape index (κ2) is 24.9. The second-order valence-electron chi connectivity index (χ2n) is 19.2. The number of hydrogen-bond acceptors (Lipinski definition) is 11. The van der Waals surface area contributed by atoms with Gasteiger partial charge < -0.3 is 41.7 Å². The molecule has 16 heteroatoms. The number of nitrogens with two attached hydrogens (primary N) is 1. The van der Waals surface area contributed by atoms with Crippen molar-refractivity contribution in [1.29, 1.82) is 0 Å². The third-order valence-electron chi connectivity index (χ3n) is 12.7. The van der Waals surface area contributed by atoms with E-state index in [2.05, 4.69) is 64.7 Å². The van der Waals surface area contributed by atoms with Crippen molar-refractivity contribution in [1.82, 2.24) is 40.5 Å². The van der Waals surface area contributed by atoms with Gasteiger partial charge in [-0.2, -0.15) is 0 Å². The number of hydrogen-bond donors (Lipinski definition) is 8. The Balaban J connectivity index is 0.000000209. The van der Waals surface area contributed by atoms with Crippen LogP contribution in [-0.4, -0.2) is 77.6 Å². The first-order chi connectivity index (χ1) is 35.8. The molecule has 0 unspecified atom stereocenters. The average Bonchev–Trinajstić information content (AvgIpc) is 4.03. The number of benzene rings is 4. The number of para-hydroxylation sites is 2. The van der Waals surface area contributed by atoms with Crippen LogP contribution >= 0.6 is 0 Å². The number of nitrogens with one attached hydrogen (secondary N) is 7. The molecule has 4 heterocycles. The minimum atomic E-state index is -0.581. The van der Waals surface area contributed by atoms with Gasteiger partial charge in [-0.25, -0.2) is 24.7 Å². The smallest absolute Gasteiger partial charge is 0.412 e. The molecule has 0 radical (unpaired) electrons. The summed E-state index contributed by atoms with van der Waals surface area (Å²) in [5.41, 5.74) is 13.5. The maximum atomic E-state index is 12.9. The molecule has 4 aromatic carbocycles. The van der Waals surface area contributed by atoms with Crippen molar-refractivity contribution < 1.29 is 20.5 Å². The fraction of sp³-hybridized carbons (Fsp3) is 0.328. The van der Waals surface area contributed by atoms with E-state index >= 15 is 0 Å². The second-order valence-corrected chi connectivity index (χ2v) is 19.2. The lowest BCUT2D eigenvalue weighted by atomic mass is 9.91. The van der Waals surface area contributed by atoms with Crippen LogP contribution < -0.4 is 32.3 Å². The number of carbonyl (C=O) groups excluding carboxylic acids is 3. The summed E-state index contributed by atoms with van der Waals surface area (Å²) in [4.78, 5) is 62.5. The fourth-order valence-corrected chi connectivity index (χ4v) is 9.29. The molecule has 4 atom stereocenters. The Kier molecular flexibility index (Phi) is 17.5. The summed E-state index contributed by atoms with van der Waals surface area (Å²) in [6.45, 7) is 7.71. The Morgan fingerprint density at radius 3 is 1.53 bits per heavy atom. The van der Waals surface area contributed by atoms with Crippen LogP contribution in [0.15, 0.2) is 134 Å². The van der Waals surface area contributed by atoms with Crippen LogP contribution in [0.3, 0.4) is 0 Å². The van der Waals surface area contributed by atoms with E-state index in [1.54, 1.807) is 88.6 Å². The number of ether oxygens (including phenoxy) is 1. The molecule has 74 heavy (non-hydrogen) atoms. The highest BCUT2D eigenvalue weighted by atomic mass is 16.6. The predicted molar refractivity (Wildman–Crippen MR) is 298 cm³/mol. The third kappa shape index (κ3) is 14.2. The number of aromatic amines is 2. The molecule has 2 aliphatic carbocycles. The van der Waals surface area contributed by atoms with Gasteiger partial charge in [-0.15, -0.1) is 0 Å². The summed E-state index contributed by atoms with van der Waals surface area (Å²) < 4.78 is 11.5. The zero-order chi connectivity index (χ0) is 52.0. The van der Waals surface area contributed by atoms with Crippen molar-refractivity contribution in [2.45, 2.75) is 123 Å². The maximum Gasteiger partial charge on any atom is 0.412 e. The first-order valence-corrected chi connectivity index (χ1v) is 25.0. The standard InChI is InChI=1S/C30H34N6O3.C25H26N6O.C2H6.CH4/c1-30(2,3)39-29(38)35-20-13-11-19(12-14-20)27(37)33-21-7-6-8-22(17-21)34-28-31-16-15-26(36-28)24-18-32-25-10-5-4-9-23(24)25;26-17-10-8-16(9-11-17)24(32)29-18-4-3-5-19(14-18)30-25-27-13-12-23(31-25)21-15-28-22-7-2-1-6-20(21)22;1-2;/h4-5,9-16,18,21-22,32H,6-8,17H2,1-3H3,(H,33,37)(H,35,38)(H,31,34,36);1-2,6-13,15,18-19,28H,3-5,14,26H2,(H,29,32)(H,27,30,31);1-2H3;1H4/t21-,22+;18-,19+;;/m00../s1/i;;1D;. The van der Waals surface area contributed by atoms with Crippen LogP contribution in [0.4, 0.5) is 28.1 Å². The van der Waals surface area contributed by atoms with E-state index in [0.717, 1.165) is 95.7 Å². The number of aromatic nitrogens is 6. The lowest BCUT2D eigenvalue weighted by Crippen LogP contribution is -2.42. The van der Waals surface area contributed by atoms with Crippen LogP contribution in [0.1, 0.15) is 115 Å². The molecular weight excluding hydrogens is 929 g/mol. The van der Waals surface area contributed by atoms with E-state index in [-0.39, 0.29) is 43.4 Å². The number of nitrogen functional groups attached to an aromatic ring is 1. The van der Waals surface area contributed by atoms with E-state index in [1.807, 2.05) is 54.9 Å². The van der Waals surface area contributed by atoms with Gasteiger partial charge in [0.25, 0.3) is 11.8 Å². The lowest BCUT2D eigenvalue weighted by molar-refractivity contribution is 0.0635. The topological polar surface area (TPSA) is 230 Å². The molecular formula is C58H70N12O4. The summed E-state index contributed by atoms with van der Waals surface area (Å²) in [6.07, 6.45) is 14.5. The molecule has 0 bridgehead atoms. The SMILES string of the molecule is C.CC(C)(C)OC(=O)Nc1ccc(C(=O)N[C@H]2CCC[C@@H](Nc3nccc(-c4c[nH]c5ccccc45)n3)C2)cc1.Nc1ccc(C(=O)N[C@H]2CCC[C@@H](Nc3nccc(-c4c[nH]c5ccccc45)n3)C2)cc1.[2H]CC. The van der Waals surface area contributed by atoms with Crippen molar-refractivity contribution in [2.75, 3.05) is 21.7 Å². The van der Waals surface area contributed by atoms with Crippen molar-refractivity contribution in [2.24, 2.45) is 0 Å². The van der Waals surface area contributed by atoms with Gasteiger partial charge in [0.15, 0.2) is 0 Å². The summed E-state index contributed by atoms with van der Waals surface area (Å²) in [7, 11) is 0. The van der Waals surface area contributed by atoms with Crippen LogP contribution in [0.25, 0.3) is 44.3 Å². The molecule has 0 spiro atoms. The van der Waals surface area contributed by atoms with Crippen LogP contribution in [0.2, 0.25) is 0 Å². The molecule has 3 amide bonds. The van der Waals surface area contributed by atoms with Gasteiger partial charge in [0, 0.05) is 106 Å². The lowest BCUT2D eigenvalue weighted by Gasteiger charge is -2.30. The highest BCUT2D eigenvalue weighted by molar-refractivity contribution is 5.97. The fourth-order valence-electron chi connectivity index (χ4n) is 9.29. The van der Waals surface area contributed by atoms with E-state index in [9.17, 15) is 14.4 Å². The van der Waals surface area contributed by atoms with E-state index in [0.29, 0.717) is 41.3 Å². The average molecular weight is 1000 g/mol. The van der Waals surface area contributed by atoms with Crippen molar-refractivity contribution >= 4 is 63.0 Å². The van der Waals surface area contributed by atoms with Crippen molar-refractivity contribution in [3.8, 4) is 22.5 Å². The number of amides is 3. The Morgan fingerprint density at radius 1 is 0.635 bits per heavy atom. The normalized spacial score (nSPS) is 17.4. The Hall–Kier alpha value is -8.27. The summed E-state index contributed by atoms with van der Waals surface area (Å²) in [6, 6.07) is 34.5. The summed E-state index contributed by atoms with van der Waals surface area (Å²) in [5, 5.41) is 18.2. The molecule has 2 saturated carbocycles. The summed E-state index contributed by atoms with van der Waals surface area (Å²) >= 11 is 0. The van der Waals surface area contributed by atoms with E-state index in [4.69, 9.17) is 21.8 Å². The van der Waals surface area contributed by atoms with Crippen LogP contribution in [0, 0.1) is 0 Å². The molecule has 2 fully saturated rings. The Morgan fingerprint density at radius 2 is 1.07 bits per heavy atom. The number of rotatable bonds is 11. The Labute approximate surface area is 435 Å². The van der Waals surface area contributed by atoms with Crippen molar-refractivity contribution in [3.63, 3.8) is 0 Å². The largest absolute Gasteiger partial charge is 0.444 e.